The maximum atomic E-state index is 12.0. The van der Waals surface area contributed by atoms with E-state index in [9.17, 15) is 9.90 Å². The largest absolute Gasteiger partial charge is 0.508 e. The number of carbonyl (C=O) groups is 1. The number of carbonyl (C=O) groups excluding carboxylic acids is 1. The molecule has 2 N–H and O–H groups in total. The zero-order chi connectivity index (χ0) is 13.7. The second kappa shape index (κ2) is 6.09. The van der Waals surface area contributed by atoms with Gasteiger partial charge in [0.05, 0.1) is 6.42 Å². The number of para-hydroxylation sites is 1. The SMILES string of the molecule is CCC1(CNC(=O)Cc2ccccc2O)CCCC1. The van der Waals surface area contributed by atoms with E-state index in [0.717, 1.165) is 13.0 Å². The molecule has 0 heterocycles. The van der Waals surface area contributed by atoms with Crippen LogP contribution in [0.4, 0.5) is 0 Å². The van der Waals surface area contributed by atoms with Crippen molar-refractivity contribution in [3.63, 3.8) is 0 Å². The van der Waals surface area contributed by atoms with Gasteiger partial charge < -0.3 is 10.4 Å². The van der Waals surface area contributed by atoms with Gasteiger partial charge in [-0.25, -0.2) is 0 Å². The summed E-state index contributed by atoms with van der Waals surface area (Å²) in [6, 6.07) is 7.02. The minimum atomic E-state index is 0.00113. The van der Waals surface area contributed by atoms with Gasteiger partial charge in [-0.3, -0.25) is 4.79 Å². The lowest BCUT2D eigenvalue weighted by Gasteiger charge is -2.27. The van der Waals surface area contributed by atoms with Crippen LogP contribution in [0.1, 0.15) is 44.6 Å². The highest BCUT2D eigenvalue weighted by atomic mass is 16.3. The quantitative estimate of drug-likeness (QED) is 0.856. The van der Waals surface area contributed by atoms with Gasteiger partial charge >= 0.3 is 0 Å². The minimum Gasteiger partial charge on any atom is -0.508 e. The van der Waals surface area contributed by atoms with Crippen LogP contribution in [-0.4, -0.2) is 17.6 Å². The van der Waals surface area contributed by atoms with Crippen LogP contribution in [0, 0.1) is 5.41 Å². The molecular formula is C16H23NO2. The van der Waals surface area contributed by atoms with E-state index in [2.05, 4.69) is 12.2 Å². The summed E-state index contributed by atoms with van der Waals surface area (Å²) in [7, 11) is 0. The molecule has 2 rings (SSSR count). The van der Waals surface area contributed by atoms with Gasteiger partial charge in [-0.2, -0.15) is 0 Å². The van der Waals surface area contributed by atoms with Crippen molar-refractivity contribution in [3.05, 3.63) is 29.8 Å². The van der Waals surface area contributed by atoms with Crippen molar-refractivity contribution in [2.75, 3.05) is 6.54 Å². The third-order valence-electron chi connectivity index (χ3n) is 4.42. The first-order valence-corrected chi connectivity index (χ1v) is 7.19. The molecule has 0 radical (unpaired) electrons. The molecule has 1 saturated carbocycles. The average Bonchev–Trinajstić information content (AvgIpc) is 2.89. The van der Waals surface area contributed by atoms with E-state index in [4.69, 9.17) is 0 Å². The van der Waals surface area contributed by atoms with Crippen molar-refractivity contribution in [2.24, 2.45) is 5.41 Å². The third-order valence-corrected chi connectivity index (χ3v) is 4.42. The van der Waals surface area contributed by atoms with Gasteiger partial charge in [0.2, 0.25) is 5.91 Å². The number of rotatable bonds is 5. The molecule has 0 spiro atoms. The summed E-state index contributed by atoms with van der Waals surface area (Å²) >= 11 is 0. The summed E-state index contributed by atoms with van der Waals surface area (Å²) in [5.41, 5.74) is 1.01. The Balaban J connectivity index is 1.86. The van der Waals surface area contributed by atoms with E-state index < -0.39 is 0 Å². The Morgan fingerprint density at radius 3 is 2.63 bits per heavy atom. The molecular weight excluding hydrogens is 238 g/mol. The highest BCUT2D eigenvalue weighted by Crippen LogP contribution is 2.40. The predicted molar refractivity (Wildman–Crippen MR) is 76.0 cm³/mol. The zero-order valence-electron chi connectivity index (χ0n) is 11.6. The van der Waals surface area contributed by atoms with Crippen LogP contribution in [0.2, 0.25) is 0 Å². The monoisotopic (exact) mass is 261 g/mol. The Morgan fingerprint density at radius 2 is 2.00 bits per heavy atom. The summed E-state index contributed by atoms with van der Waals surface area (Å²) in [6.07, 6.45) is 6.39. The van der Waals surface area contributed by atoms with Gasteiger partial charge in [-0.15, -0.1) is 0 Å². The number of hydrogen-bond acceptors (Lipinski definition) is 2. The smallest absolute Gasteiger partial charge is 0.224 e. The molecule has 0 aliphatic heterocycles. The molecule has 0 unspecified atom stereocenters. The maximum absolute atomic E-state index is 12.0. The van der Waals surface area contributed by atoms with Crippen molar-refractivity contribution >= 4 is 5.91 Å². The van der Waals surface area contributed by atoms with Gasteiger partial charge in [0.15, 0.2) is 0 Å². The highest BCUT2D eigenvalue weighted by molar-refractivity contribution is 5.79. The van der Waals surface area contributed by atoms with Gasteiger partial charge in [0.25, 0.3) is 0 Å². The van der Waals surface area contributed by atoms with E-state index in [-0.39, 0.29) is 18.1 Å². The summed E-state index contributed by atoms with van der Waals surface area (Å²) in [6.45, 7) is 2.98. The van der Waals surface area contributed by atoms with Crippen molar-refractivity contribution in [3.8, 4) is 5.75 Å². The number of phenolic OH excluding ortho intramolecular Hbond substituents is 1. The van der Waals surface area contributed by atoms with E-state index in [0.29, 0.717) is 11.0 Å². The van der Waals surface area contributed by atoms with Crippen LogP contribution in [-0.2, 0) is 11.2 Å². The number of nitrogens with one attached hydrogen (secondary N) is 1. The van der Waals surface area contributed by atoms with Crippen LogP contribution in [0.15, 0.2) is 24.3 Å². The van der Waals surface area contributed by atoms with Crippen LogP contribution in [0.3, 0.4) is 0 Å². The molecule has 1 aromatic rings. The van der Waals surface area contributed by atoms with Crippen molar-refractivity contribution in [1.29, 1.82) is 0 Å². The Morgan fingerprint density at radius 1 is 1.32 bits per heavy atom. The van der Waals surface area contributed by atoms with E-state index in [1.54, 1.807) is 18.2 Å². The average molecular weight is 261 g/mol. The summed E-state index contributed by atoms with van der Waals surface area (Å²) in [4.78, 5) is 12.0. The van der Waals surface area contributed by atoms with Crippen molar-refractivity contribution in [2.45, 2.75) is 45.4 Å². The normalized spacial score (nSPS) is 17.3. The summed E-state index contributed by atoms with van der Waals surface area (Å²) < 4.78 is 0. The molecule has 1 aliphatic carbocycles. The van der Waals surface area contributed by atoms with Crippen LogP contribution in [0.5, 0.6) is 5.75 Å². The number of benzene rings is 1. The summed E-state index contributed by atoms with van der Waals surface area (Å²) in [5, 5.41) is 12.7. The van der Waals surface area contributed by atoms with Crippen LogP contribution >= 0.6 is 0 Å². The molecule has 1 fully saturated rings. The molecule has 3 heteroatoms. The fourth-order valence-electron chi connectivity index (χ4n) is 2.96. The molecule has 1 amide bonds. The van der Waals surface area contributed by atoms with Crippen LogP contribution < -0.4 is 5.32 Å². The van der Waals surface area contributed by atoms with Gasteiger partial charge in [0.1, 0.15) is 5.75 Å². The van der Waals surface area contributed by atoms with Crippen LogP contribution in [0.25, 0.3) is 0 Å². The maximum Gasteiger partial charge on any atom is 0.224 e. The molecule has 19 heavy (non-hydrogen) atoms. The standard InChI is InChI=1S/C16H23NO2/c1-2-16(9-5-6-10-16)12-17-15(19)11-13-7-3-4-8-14(13)18/h3-4,7-8,18H,2,5-6,9-12H2,1H3,(H,17,19). The molecule has 0 atom stereocenters. The van der Waals surface area contributed by atoms with E-state index in [1.165, 1.54) is 25.7 Å². The number of phenols is 1. The second-order valence-electron chi connectivity index (χ2n) is 5.64. The lowest BCUT2D eigenvalue weighted by atomic mass is 9.83. The van der Waals surface area contributed by atoms with Crippen molar-refractivity contribution < 1.29 is 9.90 Å². The highest BCUT2D eigenvalue weighted by Gasteiger charge is 2.32. The molecule has 1 aromatic carbocycles. The molecule has 0 aromatic heterocycles. The molecule has 104 valence electrons. The zero-order valence-corrected chi connectivity index (χ0v) is 11.6. The van der Waals surface area contributed by atoms with Gasteiger partial charge in [-0.1, -0.05) is 38.0 Å². The van der Waals surface area contributed by atoms with Crippen molar-refractivity contribution in [1.82, 2.24) is 5.32 Å². The van der Waals surface area contributed by atoms with Gasteiger partial charge in [0, 0.05) is 12.1 Å². The lowest BCUT2D eigenvalue weighted by Crippen LogP contribution is -2.36. The Labute approximate surface area is 115 Å². The Kier molecular flexibility index (Phi) is 4.46. The number of hydrogen-bond donors (Lipinski definition) is 2. The fourth-order valence-corrected chi connectivity index (χ4v) is 2.96. The Hall–Kier alpha value is -1.51. The van der Waals surface area contributed by atoms with E-state index in [1.807, 2.05) is 6.07 Å². The molecule has 0 saturated heterocycles. The Bertz CT molecular complexity index is 436. The number of amides is 1. The molecule has 1 aliphatic rings. The fraction of sp³-hybridized carbons (Fsp3) is 0.562. The molecule has 3 nitrogen and oxygen atoms in total. The predicted octanol–water partition coefficient (Wildman–Crippen LogP) is 3.02. The minimum absolute atomic E-state index is 0.00113. The van der Waals surface area contributed by atoms with E-state index >= 15 is 0 Å². The second-order valence-corrected chi connectivity index (χ2v) is 5.64. The first kappa shape index (κ1) is 13.9. The lowest BCUT2D eigenvalue weighted by molar-refractivity contribution is -0.121. The molecule has 0 bridgehead atoms. The first-order valence-electron chi connectivity index (χ1n) is 7.19. The first-order chi connectivity index (χ1) is 9.15. The topological polar surface area (TPSA) is 49.3 Å². The number of aromatic hydroxyl groups is 1. The third kappa shape index (κ3) is 3.49. The van der Waals surface area contributed by atoms with Gasteiger partial charge in [-0.05, 0) is 30.7 Å². The summed E-state index contributed by atoms with van der Waals surface area (Å²) in [5.74, 6) is 0.199.